The lowest BCUT2D eigenvalue weighted by Gasteiger charge is -2.37. The van der Waals surface area contributed by atoms with Crippen LogP contribution in [-0.4, -0.2) is 87.7 Å². The summed E-state index contributed by atoms with van der Waals surface area (Å²) in [6.45, 7) is 4.98. The number of nitrogens with zero attached hydrogens (tertiary/aromatic N) is 6. The fraction of sp³-hybridized carbons (Fsp3) is 0.545. The molecule has 3 aliphatic heterocycles. The van der Waals surface area contributed by atoms with Gasteiger partial charge in [0.1, 0.15) is 6.04 Å². The van der Waals surface area contributed by atoms with Gasteiger partial charge < -0.3 is 24.1 Å². The SMILES string of the molecule is CN1CCN(C(c2cc3cc4c(cc3[nH]c2=O)OCO4)c2nnnn2CC2CCCO2)CC1. The normalized spacial score (nSPS) is 22.3. The van der Waals surface area contributed by atoms with Crippen molar-refractivity contribution in [1.29, 1.82) is 0 Å². The average Bonchev–Trinajstić information content (AvgIpc) is 3.57. The number of fused-ring (bicyclic) bond motifs is 2. The molecule has 2 fully saturated rings. The van der Waals surface area contributed by atoms with Crippen LogP contribution < -0.4 is 15.0 Å². The van der Waals surface area contributed by atoms with E-state index < -0.39 is 0 Å². The Morgan fingerprint density at radius 1 is 1.15 bits per heavy atom. The van der Waals surface area contributed by atoms with Crippen LogP contribution in [0.1, 0.15) is 30.3 Å². The van der Waals surface area contributed by atoms with Crippen molar-refractivity contribution in [2.45, 2.75) is 31.5 Å². The van der Waals surface area contributed by atoms with Crippen molar-refractivity contribution >= 4 is 10.9 Å². The maximum atomic E-state index is 13.4. The van der Waals surface area contributed by atoms with Crippen LogP contribution in [0.4, 0.5) is 0 Å². The summed E-state index contributed by atoms with van der Waals surface area (Å²) in [6, 6.07) is 5.29. The molecule has 0 amide bonds. The van der Waals surface area contributed by atoms with Crippen LogP contribution in [0.15, 0.2) is 23.0 Å². The standard InChI is InChI=1S/C22H27N7O4/c1-27-4-6-28(7-5-27)20(21-24-25-26-29(21)12-15-3-2-8-31-15)16-9-14-10-18-19(33-13-32-18)11-17(14)23-22(16)30/h9-11,15,20H,2-8,12-13H2,1H3,(H,23,30). The summed E-state index contributed by atoms with van der Waals surface area (Å²) in [4.78, 5) is 21.0. The van der Waals surface area contributed by atoms with E-state index in [1.165, 1.54) is 0 Å². The van der Waals surface area contributed by atoms with Crippen molar-refractivity contribution < 1.29 is 14.2 Å². The molecule has 5 heterocycles. The van der Waals surface area contributed by atoms with Crippen LogP contribution in [0, 0.1) is 0 Å². The smallest absolute Gasteiger partial charge is 0.253 e. The van der Waals surface area contributed by atoms with Crippen LogP contribution in [0.2, 0.25) is 0 Å². The van der Waals surface area contributed by atoms with E-state index in [0.29, 0.717) is 34.9 Å². The number of hydrogen-bond acceptors (Lipinski definition) is 9. The van der Waals surface area contributed by atoms with Gasteiger partial charge in [0.25, 0.3) is 5.56 Å². The van der Waals surface area contributed by atoms with Gasteiger partial charge in [0, 0.05) is 49.8 Å². The summed E-state index contributed by atoms with van der Waals surface area (Å²) in [5.41, 5.74) is 1.18. The predicted molar refractivity (Wildman–Crippen MR) is 118 cm³/mol. The lowest BCUT2D eigenvalue weighted by molar-refractivity contribution is 0.0878. The number of likely N-dealkylation sites (N-methyl/N-ethyl adjacent to an activating group) is 1. The van der Waals surface area contributed by atoms with Crippen LogP contribution in [0.5, 0.6) is 11.5 Å². The average molecular weight is 454 g/mol. The van der Waals surface area contributed by atoms with Gasteiger partial charge in [-0.2, -0.15) is 0 Å². The molecule has 11 nitrogen and oxygen atoms in total. The Balaban J connectivity index is 1.44. The second-order valence-electron chi connectivity index (χ2n) is 8.94. The highest BCUT2D eigenvalue weighted by molar-refractivity contribution is 5.83. The van der Waals surface area contributed by atoms with Crippen molar-refractivity contribution in [2.75, 3.05) is 46.6 Å². The minimum absolute atomic E-state index is 0.0926. The Morgan fingerprint density at radius 3 is 2.76 bits per heavy atom. The number of H-pyrrole nitrogens is 1. The van der Waals surface area contributed by atoms with E-state index in [1.54, 1.807) is 0 Å². The zero-order valence-electron chi connectivity index (χ0n) is 18.6. The third kappa shape index (κ3) is 3.85. The van der Waals surface area contributed by atoms with E-state index in [1.807, 2.05) is 22.9 Å². The van der Waals surface area contributed by atoms with E-state index in [4.69, 9.17) is 14.2 Å². The van der Waals surface area contributed by atoms with Crippen molar-refractivity contribution in [2.24, 2.45) is 0 Å². The first-order valence-corrected chi connectivity index (χ1v) is 11.4. The van der Waals surface area contributed by atoms with Crippen LogP contribution in [0.25, 0.3) is 10.9 Å². The minimum Gasteiger partial charge on any atom is -0.454 e. The number of pyridine rings is 1. The Hall–Kier alpha value is -3.02. The van der Waals surface area contributed by atoms with Crippen LogP contribution >= 0.6 is 0 Å². The predicted octanol–water partition coefficient (Wildman–Crippen LogP) is 0.759. The number of ether oxygens (including phenoxy) is 3. The third-order valence-corrected chi connectivity index (χ3v) is 6.77. The van der Waals surface area contributed by atoms with E-state index in [0.717, 1.165) is 51.0 Å². The van der Waals surface area contributed by atoms with Crippen LogP contribution in [0.3, 0.4) is 0 Å². The molecular weight excluding hydrogens is 426 g/mol. The van der Waals surface area contributed by atoms with E-state index >= 15 is 0 Å². The van der Waals surface area contributed by atoms with Crippen molar-refractivity contribution in [3.05, 3.63) is 39.9 Å². The monoisotopic (exact) mass is 453 g/mol. The summed E-state index contributed by atoms with van der Waals surface area (Å²) >= 11 is 0. The summed E-state index contributed by atoms with van der Waals surface area (Å²) in [6.07, 6.45) is 2.13. The molecule has 0 radical (unpaired) electrons. The molecule has 2 aromatic heterocycles. The molecule has 0 spiro atoms. The minimum atomic E-state index is -0.367. The van der Waals surface area contributed by atoms with Gasteiger partial charge in [-0.3, -0.25) is 9.69 Å². The van der Waals surface area contributed by atoms with E-state index in [-0.39, 0.29) is 24.5 Å². The number of piperazine rings is 1. The van der Waals surface area contributed by atoms with Crippen LogP contribution in [-0.2, 0) is 11.3 Å². The van der Waals surface area contributed by atoms with Gasteiger partial charge in [-0.15, -0.1) is 5.10 Å². The van der Waals surface area contributed by atoms with E-state index in [2.05, 4.69) is 37.4 Å². The second-order valence-corrected chi connectivity index (χ2v) is 8.94. The molecule has 2 unspecified atom stereocenters. The molecule has 2 saturated heterocycles. The van der Waals surface area contributed by atoms with Crippen molar-refractivity contribution in [3.8, 4) is 11.5 Å². The molecule has 0 saturated carbocycles. The zero-order valence-corrected chi connectivity index (χ0v) is 18.6. The molecule has 33 heavy (non-hydrogen) atoms. The number of aromatic amines is 1. The lowest BCUT2D eigenvalue weighted by atomic mass is 10.0. The fourth-order valence-electron chi connectivity index (χ4n) is 4.91. The fourth-order valence-corrected chi connectivity index (χ4v) is 4.91. The Bertz CT molecular complexity index is 1210. The van der Waals surface area contributed by atoms with Gasteiger partial charge >= 0.3 is 0 Å². The molecule has 174 valence electrons. The summed E-state index contributed by atoms with van der Waals surface area (Å²) < 4.78 is 18.6. The topological polar surface area (TPSA) is 111 Å². The second kappa shape index (κ2) is 8.40. The van der Waals surface area contributed by atoms with Gasteiger partial charge in [0.15, 0.2) is 17.3 Å². The van der Waals surface area contributed by atoms with Gasteiger partial charge in [-0.05, 0) is 42.4 Å². The molecule has 1 N–H and O–H groups in total. The number of rotatable bonds is 5. The molecule has 0 bridgehead atoms. The highest BCUT2D eigenvalue weighted by Gasteiger charge is 2.33. The van der Waals surface area contributed by atoms with Gasteiger partial charge in [-0.1, -0.05) is 0 Å². The lowest BCUT2D eigenvalue weighted by Crippen LogP contribution is -2.47. The molecule has 3 aliphatic rings. The summed E-state index contributed by atoms with van der Waals surface area (Å²) in [5.74, 6) is 1.99. The Morgan fingerprint density at radius 2 is 1.97 bits per heavy atom. The van der Waals surface area contributed by atoms with Crippen molar-refractivity contribution in [1.82, 2.24) is 35.0 Å². The highest BCUT2D eigenvalue weighted by atomic mass is 16.7. The number of aromatic nitrogens is 5. The van der Waals surface area contributed by atoms with Gasteiger partial charge in [0.2, 0.25) is 6.79 Å². The maximum Gasteiger partial charge on any atom is 0.253 e. The highest BCUT2D eigenvalue weighted by Crippen LogP contribution is 2.36. The number of benzene rings is 1. The quantitative estimate of drug-likeness (QED) is 0.598. The number of tetrazole rings is 1. The molecule has 3 aromatic rings. The first-order valence-electron chi connectivity index (χ1n) is 11.4. The molecule has 6 rings (SSSR count). The largest absolute Gasteiger partial charge is 0.454 e. The summed E-state index contributed by atoms with van der Waals surface area (Å²) in [5, 5.41) is 13.5. The van der Waals surface area contributed by atoms with Crippen molar-refractivity contribution in [3.63, 3.8) is 0 Å². The first kappa shape index (κ1) is 20.6. The maximum absolute atomic E-state index is 13.4. The molecule has 0 aliphatic carbocycles. The Labute approximate surface area is 190 Å². The zero-order chi connectivity index (χ0) is 22.4. The number of nitrogens with one attached hydrogen (secondary N) is 1. The first-order chi connectivity index (χ1) is 16.2. The molecular formula is C22H27N7O4. The van der Waals surface area contributed by atoms with Gasteiger partial charge in [0.05, 0.1) is 18.2 Å². The van der Waals surface area contributed by atoms with E-state index in [9.17, 15) is 4.79 Å². The number of hydrogen-bond donors (Lipinski definition) is 1. The van der Waals surface area contributed by atoms with Gasteiger partial charge in [-0.25, -0.2) is 4.68 Å². The molecule has 11 heteroatoms. The summed E-state index contributed by atoms with van der Waals surface area (Å²) in [7, 11) is 2.11. The molecule has 1 aromatic carbocycles. The Kier molecular flexibility index (Phi) is 5.24. The third-order valence-electron chi connectivity index (χ3n) is 6.77. The molecule has 2 atom stereocenters.